The minimum atomic E-state index is -0.494. The van der Waals surface area contributed by atoms with Crippen molar-refractivity contribution in [3.8, 4) is 5.75 Å². The Morgan fingerprint density at radius 1 is 1.53 bits per heavy atom. The summed E-state index contributed by atoms with van der Waals surface area (Å²) in [6.45, 7) is 0.240. The van der Waals surface area contributed by atoms with E-state index in [1.165, 1.54) is 29.5 Å². The van der Waals surface area contributed by atoms with Crippen LogP contribution in [0.1, 0.15) is 5.69 Å². The molecule has 2 rings (SSSR count). The number of thiazole rings is 1. The molecule has 0 aliphatic rings. The lowest BCUT2D eigenvalue weighted by Crippen LogP contribution is -1.97. The second kappa shape index (κ2) is 5.11. The van der Waals surface area contributed by atoms with E-state index in [4.69, 9.17) is 16.3 Å². The van der Waals surface area contributed by atoms with Crippen molar-refractivity contribution in [3.63, 3.8) is 0 Å². The predicted molar refractivity (Wildman–Crippen MR) is 64.6 cm³/mol. The fourth-order valence-corrected chi connectivity index (χ4v) is 1.89. The topological polar surface area (TPSA) is 65.3 Å². The maximum atomic E-state index is 10.6. The first-order valence-electron chi connectivity index (χ1n) is 4.60. The van der Waals surface area contributed by atoms with E-state index in [-0.39, 0.29) is 18.0 Å². The number of non-ortho nitro benzene ring substituents is 1. The second-order valence-corrected chi connectivity index (χ2v) is 4.27. The first-order valence-corrected chi connectivity index (χ1v) is 5.92. The van der Waals surface area contributed by atoms with Gasteiger partial charge in [0.1, 0.15) is 12.4 Å². The van der Waals surface area contributed by atoms with Crippen LogP contribution >= 0.6 is 22.9 Å². The van der Waals surface area contributed by atoms with E-state index in [1.54, 1.807) is 5.51 Å². The lowest BCUT2D eigenvalue weighted by molar-refractivity contribution is -0.384. The van der Waals surface area contributed by atoms with Crippen LogP contribution in [0.15, 0.2) is 29.1 Å². The van der Waals surface area contributed by atoms with E-state index in [1.807, 2.05) is 5.38 Å². The Morgan fingerprint density at radius 2 is 2.35 bits per heavy atom. The molecule has 0 saturated carbocycles. The Bertz CT molecular complexity index is 530. The molecular weight excluding hydrogens is 264 g/mol. The highest BCUT2D eigenvalue weighted by atomic mass is 35.5. The average molecular weight is 271 g/mol. The third-order valence-corrected chi connectivity index (χ3v) is 2.93. The van der Waals surface area contributed by atoms with Crippen LogP contribution in [-0.2, 0) is 6.61 Å². The van der Waals surface area contributed by atoms with Gasteiger partial charge in [0.2, 0.25) is 0 Å². The number of halogens is 1. The number of hydrogen-bond donors (Lipinski definition) is 0. The minimum Gasteiger partial charge on any atom is -0.485 e. The van der Waals surface area contributed by atoms with Gasteiger partial charge in [0.15, 0.2) is 0 Å². The van der Waals surface area contributed by atoms with Crippen molar-refractivity contribution in [1.82, 2.24) is 4.98 Å². The van der Waals surface area contributed by atoms with Gasteiger partial charge in [-0.05, 0) is 6.07 Å². The molecule has 0 amide bonds. The summed E-state index contributed by atoms with van der Waals surface area (Å²) in [5, 5.41) is 12.8. The Balaban J connectivity index is 2.14. The van der Waals surface area contributed by atoms with Crippen LogP contribution in [-0.4, -0.2) is 9.91 Å². The third kappa shape index (κ3) is 2.92. The second-order valence-electron chi connectivity index (χ2n) is 3.14. The lowest BCUT2D eigenvalue weighted by Gasteiger charge is -2.05. The molecule has 1 aromatic heterocycles. The fraction of sp³-hybridized carbons (Fsp3) is 0.100. The highest BCUT2D eigenvalue weighted by Gasteiger charge is 2.11. The van der Waals surface area contributed by atoms with Crippen LogP contribution in [0.2, 0.25) is 5.02 Å². The fourth-order valence-electron chi connectivity index (χ4n) is 1.18. The number of rotatable bonds is 4. The first-order chi connectivity index (χ1) is 8.16. The highest BCUT2D eigenvalue weighted by molar-refractivity contribution is 7.07. The first kappa shape index (κ1) is 11.8. The van der Waals surface area contributed by atoms with Gasteiger partial charge in [-0.15, -0.1) is 11.3 Å². The van der Waals surface area contributed by atoms with Crippen LogP contribution in [0.5, 0.6) is 5.75 Å². The van der Waals surface area contributed by atoms with E-state index >= 15 is 0 Å². The van der Waals surface area contributed by atoms with Crippen molar-refractivity contribution >= 4 is 28.6 Å². The van der Waals surface area contributed by atoms with Crippen LogP contribution in [0, 0.1) is 10.1 Å². The van der Waals surface area contributed by atoms with Gasteiger partial charge in [-0.1, -0.05) is 11.6 Å². The highest BCUT2D eigenvalue weighted by Crippen LogP contribution is 2.29. The number of aromatic nitrogens is 1. The average Bonchev–Trinajstić information content (AvgIpc) is 2.80. The van der Waals surface area contributed by atoms with E-state index in [9.17, 15) is 10.1 Å². The number of hydrogen-bond acceptors (Lipinski definition) is 5. The van der Waals surface area contributed by atoms with Crippen molar-refractivity contribution in [2.75, 3.05) is 0 Å². The maximum Gasteiger partial charge on any atom is 0.273 e. The van der Waals surface area contributed by atoms with Crippen molar-refractivity contribution in [2.24, 2.45) is 0 Å². The van der Waals surface area contributed by atoms with Crippen LogP contribution in [0.25, 0.3) is 0 Å². The summed E-state index contributed by atoms with van der Waals surface area (Å²) in [5.41, 5.74) is 2.40. The molecule has 0 radical (unpaired) electrons. The molecular formula is C10H7ClN2O3S. The largest absolute Gasteiger partial charge is 0.485 e. The Kier molecular flexibility index (Phi) is 3.55. The van der Waals surface area contributed by atoms with Gasteiger partial charge in [0.05, 0.1) is 27.2 Å². The molecule has 0 N–H and O–H groups in total. The van der Waals surface area contributed by atoms with E-state index in [0.717, 1.165) is 5.69 Å². The zero-order chi connectivity index (χ0) is 12.3. The minimum absolute atomic E-state index is 0.0531. The van der Waals surface area contributed by atoms with Crippen LogP contribution in [0.3, 0.4) is 0 Å². The van der Waals surface area contributed by atoms with Gasteiger partial charge in [0.25, 0.3) is 5.69 Å². The molecule has 2 aromatic rings. The summed E-state index contributed by atoms with van der Waals surface area (Å²) in [6.07, 6.45) is 0. The summed E-state index contributed by atoms with van der Waals surface area (Å²) < 4.78 is 5.38. The zero-order valence-corrected chi connectivity index (χ0v) is 10.1. The molecule has 5 nitrogen and oxygen atoms in total. The molecule has 17 heavy (non-hydrogen) atoms. The monoisotopic (exact) mass is 270 g/mol. The van der Waals surface area contributed by atoms with Gasteiger partial charge in [-0.25, -0.2) is 4.98 Å². The van der Waals surface area contributed by atoms with Gasteiger partial charge < -0.3 is 4.74 Å². The molecule has 7 heteroatoms. The Hall–Kier alpha value is -1.66. The quantitative estimate of drug-likeness (QED) is 0.632. The van der Waals surface area contributed by atoms with E-state index in [2.05, 4.69) is 4.98 Å². The Labute approximate surface area is 106 Å². The predicted octanol–water partition coefficient (Wildman–Crippen LogP) is 3.28. The summed E-state index contributed by atoms with van der Waals surface area (Å²) in [6, 6.07) is 4.07. The van der Waals surface area contributed by atoms with Gasteiger partial charge in [-0.3, -0.25) is 10.1 Å². The van der Waals surface area contributed by atoms with E-state index in [0.29, 0.717) is 5.02 Å². The standard InChI is InChI=1S/C10H7ClN2O3S/c11-9-2-1-8(13(14)15)3-10(9)16-4-7-5-17-6-12-7/h1-3,5-6H,4H2. The van der Waals surface area contributed by atoms with Gasteiger partial charge in [-0.2, -0.15) is 0 Å². The number of nitrogens with zero attached hydrogens (tertiary/aromatic N) is 2. The molecule has 0 spiro atoms. The summed E-state index contributed by atoms with van der Waals surface area (Å²) in [4.78, 5) is 14.1. The van der Waals surface area contributed by atoms with Crippen molar-refractivity contribution in [3.05, 3.63) is 49.9 Å². The van der Waals surface area contributed by atoms with E-state index < -0.39 is 4.92 Å². The molecule has 0 fully saturated rings. The SMILES string of the molecule is O=[N+]([O-])c1ccc(Cl)c(OCc2cscn2)c1. The molecule has 0 aliphatic heterocycles. The lowest BCUT2D eigenvalue weighted by atomic mass is 10.3. The zero-order valence-electron chi connectivity index (χ0n) is 8.50. The number of benzene rings is 1. The van der Waals surface area contributed by atoms with Gasteiger partial charge >= 0.3 is 0 Å². The third-order valence-electron chi connectivity index (χ3n) is 1.98. The maximum absolute atomic E-state index is 10.6. The summed E-state index contributed by atoms with van der Waals surface area (Å²) >= 11 is 7.33. The van der Waals surface area contributed by atoms with Crippen molar-refractivity contribution in [2.45, 2.75) is 6.61 Å². The molecule has 0 aliphatic carbocycles. The van der Waals surface area contributed by atoms with Crippen molar-refractivity contribution in [1.29, 1.82) is 0 Å². The number of nitro groups is 1. The molecule has 0 atom stereocenters. The molecule has 1 aromatic carbocycles. The number of ether oxygens (including phenoxy) is 1. The summed E-state index contributed by atoms with van der Waals surface area (Å²) in [7, 11) is 0. The molecule has 0 unspecified atom stereocenters. The Morgan fingerprint density at radius 3 is 3.00 bits per heavy atom. The van der Waals surface area contributed by atoms with Crippen LogP contribution in [0.4, 0.5) is 5.69 Å². The smallest absolute Gasteiger partial charge is 0.273 e. The summed E-state index contributed by atoms with van der Waals surface area (Å²) in [5.74, 6) is 0.286. The molecule has 0 bridgehead atoms. The molecule has 88 valence electrons. The van der Waals surface area contributed by atoms with Crippen LogP contribution < -0.4 is 4.74 Å². The number of nitro benzene ring substituents is 1. The molecule has 0 saturated heterocycles. The van der Waals surface area contributed by atoms with Crippen molar-refractivity contribution < 1.29 is 9.66 Å². The van der Waals surface area contributed by atoms with Gasteiger partial charge in [0, 0.05) is 11.4 Å². The normalized spacial score (nSPS) is 10.2. The molecule has 1 heterocycles.